The Bertz CT molecular complexity index is 93.1. The third kappa shape index (κ3) is 0.970. The summed E-state index contributed by atoms with van der Waals surface area (Å²) in [6, 6.07) is 0.693. The molecule has 0 aromatic heterocycles. The second-order valence-corrected chi connectivity index (χ2v) is 2.90. The average Bonchev–Trinajstić information content (AvgIpc) is 2.33. The first-order chi connectivity index (χ1) is 4.47. The molecule has 0 radical (unpaired) electrons. The molecule has 1 saturated heterocycles. The first-order valence-electron chi connectivity index (χ1n) is 3.82. The van der Waals surface area contributed by atoms with E-state index in [2.05, 4.69) is 5.32 Å². The normalized spacial score (nSPS) is 42.7. The Balaban J connectivity index is 1.97. The van der Waals surface area contributed by atoms with Gasteiger partial charge in [-0.2, -0.15) is 0 Å². The number of fused-ring (bicyclic) bond motifs is 1. The summed E-state index contributed by atoms with van der Waals surface area (Å²) in [6.45, 7) is 1.97. The number of hydrogen-bond acceptors (Lipinski definition) is 2. The monoisotopic (exact) mass is 127 g/mol. The van der Waals surface area contributed by atoms with Gasteiger partial charge in [0.2, 0.25) is 0 Å². The fraction of sp³-hybridized carbons (Fsp3) is 1.00. The van der Waals surface area contributed by atoms with Gasteiger partial charge in [-0.1, -0.05) is 0 Å². The Morgan fingerprint density at radius 3 is 3.22 bits per heavy atom. The lowest BCUT2D eigenvalue weighted by Gasteiger charge is -2.26. The molecule has 1 saturated carbocycles. The molecule has 2 rings (SSSR count). The minimum absolute atomic E-state index is 0.554. The van der Waals surface area contributed by atoms with Crippen LogP contribution in [-0.2, 0) is 4.74 Å². The lowest BCUT2D eigenvalue weighted by Crippen LogP contribution is -2.44. The van der Waals surface area contributed by atoms with Crippen LogP contribution in [-0.4, -0.2) is 25.3 Å². The predicted octanol–water partition coefficient (Wildman–Crippen LogP) is 0.527. The molecule has 9 heavy (non-hydrogen) atoms. The quantitative estimate of drug-likeness (QED) is 0.512. The fourth-order valence-corrected chi connectivity index (χ4v) is 1.81. The highest BCUT2D eigenvalue weighted by atomic mass is 16.5. The molecule has 1 N–H and O–H groups in total. The van der Waals surface area contributed by atoms with Crippen LogP contribution in [0.2, 0.25) is 0 Å². The molecule has 0 unspecified atom stereocenters. The summed E-state index contributed by atoms with van der Waals surface area (Å²) in [7, 11) is 0. The molecule has 0 spiro atoms. The molecule has 0 amide bonds. The maximum atomic E-state index is 5.54. The maximum absolute atomic E-state index is 5.54. The molecule has 1 heterocycles. The summed E-state index contributed by atoms with van der Waals surface area (Å²) >= 11 is 0. The van der Waals surface area contributed by atoms with E-state index in [1.807, 2.05) is 0 Å². The molecule has 1 aliphatic carbocycles. The highest BCUT2D eigenvalue weighted by Gasteiger charge is 2.29. The Morgan fingerprint density at radius 2 is 2.33 bits per heavy atom. The molecule has 52 valence electrons. The topological polar surface area (TPSA) is 21.3 Å². The van der Waals surface area contributed by atoms with Gasteiger partial charge < -0.3 is 10.1 Å². The number of morpholine rings is 1. The van der Waals surface area contributed by atoms with Gasteiger partial charge >= 0.3 is 0 Å². The SMILES string of the molecule is C1C[C@H]2NCCO[C@@H]2C1. The summed E-state index contributed by atoms with van der Waals surface area (Å²) in [5.74, 6) is 0. The van der Waals surface area contributed by atoms with Crippen LogP contribution in [0.15, 0.2) is 0 Å². The van der Waals surface area contributed by atoms with Crippen LogP contribution in [0.25, 0.3) is 0 Å². The van der Waals surface area contributed by atoms with Crippen LogP contribution >= 0.6 is 0 Å². The third-order valence-corrected chi connectivity index (χ3v) is 2.29. The Kier molecular flexibility index (Phi) is 1.44. The molecule has 2 heteroatoms. The molecular formula is C7H13NO. The van der Waals surface area contributed by atoms with Crippen molar-refractivity contribution < 1.29 is 4.74 Å². The van der Waals surface area contributed by atoms with E-state index in [1.54, 1.807) is 0 Å². The van der Waals surface area contributed by atoms with E-state index in [0.717, 1.165) is 13.2 Å². The van der Waals surface area contributed by atoms with Crippen LogP contribution in [0, 0.1) is 0 Å². The maximum Gasteiger partial charge on any atom is 0.0728 e. The van der Waals surface area contributed by atoms with Crippen LogP contribution in [0.5, 0.6) is 0 Å². The van der Waals surface area contributed by atoms with E-state index in [9.17, 15) is 0 Å². The van der Waals surface area contributed by atoms with E-state index < -0.39 is 0 Å². The van der Waals surface area contributed by atoms with Crippen molar-refractivity contribution in [1.82, 2.24) is 5.32 Å². The van der Waals surface area contributed by atoms with Gasteiger partial charge in [-0.15, -0.1) is 0 Å². The van der Waals surface area contributed by atoms with Gasteiger partial charge in [0.1, 0.15) is 0 Å². The van der Waals surface area contributed by atoms with Gasteiger partial charge in [-0.05, 0) is 19.3 Å². The van der Waals surface area contributed by atoms with Crippen molar-refractivity contribution in [2.75, 3.05) is 13.2 Å². The van der Waals surface area contributed by atoms with Gasteiger partial charge in [0, 0.05) is 12.6 Å². The fourth-order valence-electron chi connectivity index (χ4n) is 1.81. The van der Waals surface area contributed by atoms with Gasteiger partial charge in [0.25, 0.3) is 0 Å². The van der Waals surface area contributed by atoms with Crippen LogP contribution in [0.3, 0.4) is 0 Å². The Hall–Kier alpha value is -0.0800. The van der Waals surface area contributed by atoms with E-state index in [-0.39, 0.29) is 0 Å². The van der Waals surface area contributed by atoms with Crippen LogP contribution < -0.4 is 5.32 Å². The van der Waals surface area contributed by atoms with Crippen molar-refractivity contribution in [2.45, 2.75) is 31.4 Å². The lowest BCUT2D eigenvalue weighted by atomic mass is 10.2. The first-order valence-corrected chi connectivity index (χ1v) is 3.82. The predicted molar refractivity (Wildman–Crippen MR) is 35.4 cm³/mol. The molecule has 0 bridgehead atoms. The minimum atomic E-state index is 0.554. The summed E-state index contributed by atoms with van der Waals surface area (Å²) in [4.78, 5) is 0. The number of rotatable bonds is 0. The summed E-state index contributed by atoms with van der Waals surface area (Å²) in [6.07, 6.45) is 4.50. The zero-order valence-corrected chi connectivity index (χ0v) is 5.60. The molecular weight excluding hydrogens is 114 g/mol. The second-order valence-electron chi connectivity index (χ2n) is 2.90. The number of hydrogen-bond donors (Lipinski definition) is 1. The highest BCUT2D eigenvalue weighted by Crippen LogP contribution is 2.23. The largest absolute Gasteiger partial charge is 0.375 e. The third-order valence-electron chi connectivity index (χ3n) is 2.29. The van der Waals surface area contributed by atoms with Gasteiger partial charge in [-0.3, -0.25) is 0 Å². The van der Waals surface area contributed by atoms with Crippen molar-refractivity contribution >= 4 is 0 Å². The molecule has 2 aliphatic rings. The average molecular weight is 127 g/mol. The lowest BCUT2D eigenvalue weighted by molar-refractivity contribution is 0.0113. The Morgan fingerprint density at radius 1 is 1.33 bits per heavy atom. The van der Waals surface area contributed by atoms with E-state index in [0.29, 0.717) is 12.1 Å². The Labute approximate surface area is 55.6 Å². The summed E-state index contributed by atoms with van der Waals surface area (Å²) in [5, 5.41) is 3.46. The second kappa shape index (κ2) is 2.27. The standard InChI is InChI=1S/C7H13NO/c1-2-6-7(3-1)9-5-4-8-6/h6-8H,1-5H2/t6-,7-/m1/s1. The van der Waals surface area contributed by atoms with Crippen molar-refractivity contribution in [2.24, 2.45) is 0 Å². The van der Waals surface area contributed by atoms with Crippen molar-refractivity contribution in [3.05, 3.63) is 0 Å². The van der Waals surface area contributed by atoms with E-state index in [1.165, 1.54) is 19.3 Å². The molecule has 0 aromatic carbocycles. The van der Waals surface area contributed by atoms with Crippen LogP contribution in [0.1, 0.15) is 19.3 Å². The highest BCUT2D eigenvalue weighted by molar-refractivity contribution is 4.86. The molecule has 2 nitrogen and oxygen atoms in total. The number of ether oxygens (including phenoxy) is 1. The van der Waals surface area contributed by atoms with E-state index >= 15 is 0 Å². The minimum Gasteiger partial charge on any atom is -0.375 e. The number of nitrogens with one attached hydrogen (secondary N) is 1. The van der Waals surface area contributed by atoms with Crippen LogP contribution in [0.4, 0.5) is 0 Å². The summed E-state index contributed by atoms with van der Waals surface area (Å²) < 4.78 is 5.54. The van der Waals surface area contributed by atoms with Crippen molar-refractivity contribution in [3.63, 3.8) is 0 Å². The molecule has 2 atom stereocenters. The van der Waals surface area contributed by atoms with E-state index in [4.69, 9.17) is 4.74 Å². The summed E-state index contributed by atoms with van der Waals surface area (Å²) in [5.41, 5.74) is 0. The first kappa shape index (κ1) is 5.69. The van der Waals surface area contributed by atoms with Gasteiger partial charge in [-0.25, -0.2) is 0 Å². The zero-order valence-electron chi connectivity index (χ0n) is 5.60. The zero-order chi connectivity index (χ0) is 6.10. The van der Waals surface area contributed by atoms with Crippen molar-refractivity contribution in [1.29, 1.82) is 0 Å². The van der Waals surface area contributed by atoms with Crippen molar-refractivity contribution in [3.8, 4) is 0 Å². The van der Waals surface area contributed by atoms with Gasteiger partial charge in [0.05, 0.1) is 12.7 Å². The smallest absolute Gasteiger partial charge is 0.0728 e. The molecule has 0 aromatic rings. The molecule has 2 fully saturated rings. The molecule has 1 aliphatic heterocycles. The van der Waals surface area contributed by atoms with Gasteiger partial charge in [0.15, 0.2) is 0 Å².